The first-order valence-electron chi connectivity index (χ1n) is 25.1. The van der Waals surface area contributed by atoms with Gasteiger partial charge in [-0.1, -0.05) is 26.0 Å². The summed E-state index contributed by atoms with van der Waals surface area (Å²) in [6, 6.07) is -7.01. The fourth-order valence-electron chi connectivity index (χ4n) is 9.13. The molecular weight excluding hydrogens is 1020 g/mol. The number of benzene rings is 1. The number of phenols is 1. The fraction of sp³-hybridized carbons (Fsp3) is 0.638. The van der Waals surface area contributed by atoms with Gasteiger partial charge in [-0.05, 0) is 95.2 Å². The van der Waals surface area contributed by atoms with Gasteiger partial charge in [0.25, 0.3) is 0 Å². The Labute approximate surface area is 438 Å². The van der Waals surface area contributed by atoms with Crippen LogP contribution in [0, 0.1) is 5.92 Å². The van der Waals surface area contributed by atoms with Crippen molar-refractivity contribution >= 4 is 73.2 Å². The highest BCUT2D eigenvalue weighted by Crippen LogP contribution is 2.36. The van der Waals surface area contributed by atoms with Gasteiger partial charge in [-0.3, -0.25) is 52.5 Å². The van der Waals surface area contributed by atoms with E-state index in [9.17, 15) is 77.3 Å². The van der Waals surface area contributed by atoms with Crippen LogP contribution in [0.3, 0.4) is 0 Å². The number of aliphatic hydroxyl groups is 1. The number of aldehydes is 1. The number of primary amides is 1. The molecule has 28 nitrogen and oxygen atoms in total. The number of amides is 10. The molecule has 422 valence electrons. The van der Waals surface area contributed by atoms with E-state index in [0.29, 0.717) is 31.1 Å². The third kappa shape index (κ3) is 18.0. The molecule has 3 heterocycles. The SMILES string of the molecule is CC(C)C[C@H](NC(=O)[C@H](COP(=O)(O)O)NC(=O)[C@H](C)NC(=O)[C@H](CO)NC(=O)[C@H](CCC(N)=O)NC(=O)[C@@H]1CCCN1C(=O)[C@H](C)N)C(=O)N1CCC[C@H]1C(=O)N1CCC[C@H]1C(=O)N[C@H](C=O)Cc1ccc(O)cc1. The van der Waals surface area contributed by atoms with E-state index in [2.05, 4.69) is 36.4 Å². The molecule has 0 unspecified atom stereocenters. The number of carbonyl (C=O) groups is 11. The number of rotatable bonds is 27. The van der Waals surface area contributed by atoms with Crippen molar-refractivity contribution in [3.8, 4) is 5.75 Å². The zero-order chi connectivity index (χ0) is 56.6. The Hall–Kier alpha value is -6.58. The molecule has 10 atom stereocenters. The first-order valence-corrected chi connectivity index (χ1v) is 26.6. The van der Waals surface area contributed by atoms with Crippen LogP contribution in [0.25, 0.3) is 0 Å². The molecule has 76 heavy (non-hydrogen) atoms. The third-order valence-electron chi connectivity index (χ3n) is 13.0. The molecule has 3 saturated heterocycles. The van der Waals surface area contributed by atoms with E-state index in [1.165, 1.54) is 33.8 Å². The van der Waals surface area contributed by atoms with E-state index in [1.807, 2.05) is 0 Å². The largest absolute Gasteiger partial charge is 0.508 e. The van der Waals surface area contributed by atoms with Gasteiger partial charge in [-0.15, -0.1) is 0 Å². The van der Waals surface area contributed by atoms with Crippen LogP contribution in [0.5, 0.6) is 5.75 Å². The Bertz CT molecular complexity index is 2340. The Balaban J connectivity index is 1.43. The second-order valence-electron chi connectivity index (χ2n) is 19.6. The van der Waals surface area contributed by atoms with Crippen LogP contribution in [0.1, 0.15) is 91.0 Å². The van der Waals surface area contributed by atoms with Crippen molar-refractivity contribution in [3.63, 3.8) is 0 Å². The van der Waals surface area contributed by atoms with Gasteiger partial charge >= 0.3 is 7.82 Å². The minimum absolute atomic E-state index is 0.0229. The Morgan fingerprint density at radius 2 is 1.21 bits per heavy atom. The lowest BCUT2D eigenvalue weighted by Gasteiger charge is -2.34. The van der Waals surface area contributed by atoms with Gasteiger partial charge in [-0.25, -0.2) is 4.57 Å². The standard InChI is InChI=1S/C47H72N11O17P/c1-25(2)20-32(46(70)58-19-7-10-37(58)47(71)57-18-6-8-35(57)43(67)51-29(22-59)21-28-11-13-30(61)14-12-28)53-42(66)34(24-75-76(72,73)74)55-39(63)27(4)50-41(65)33(23-60)54-40(64)31(15-16-38(49)62)52-44(68)36-9-5-17-56(36)45(69)26(3)48/h11-14,22,25-27,29,31-37,60-61H,5-10,15-21,23-24,48H2,1-4H3,(H2,49,62)(H,50,65)(H,51,67)(H,52,68)(H,53,66)(H,54,64)(H,55,63)(H2,72,73,74)/t26-,27-,29-,31-,32-,33-,34-,35-,36-,37-/m0/s1. The van der Waals surface area contributed by atoms with Crippen molar-refractivity contribution in [2.24, 2.45) is 17.4 Å². The molecule has 14 N–H and O–H groups in total. The molecule has 3 aliphatic heterocycles. The Kier molecular flexibility index (Phi) is 23.3. The highest BCUT2D eigenvalue weighted by Gasteiger charge is 2.45. The quantitative estimate of drug-likeness (QED) is 0.0294. The first kappa shape index (κ1) is 62.0. The number of likely N-dealkylation sites (tertiary alicyclic amines) is 3. The fourth-order valence-corrected chi connectivity index (χ4v) is 9.47. The highest BCUT2D eigenvalue weighted by atomic mass is 31.2. The average molecular weight is 1090 g/mol. The number of nitrogens with one attached hydrogen (secondary N) is 6. The number of aliphatic hydroxyl groups excluding tert-OH is 1. The van der Waals surface area contributed by atoms with Crippen molar-refractivity contribution in [3.05, 3.63) is 29.8 Å². The van der Waals surface area contributed by atoms with E-state index in [1.54, 1.807) is 26.0 Å². The number of hydrogen-bond donors (Lipinski definition) is 12. The Morgan fingerprint density at radius 3 is 1.76 bits per heavy atom. The molecule has 0 bridgehead atoms. The normalized spacial score (nSPS) is 20.3. The number of nitrogens with two attached hydrogens (primary N) is 2. The van der Waals surface area contributed by atoms with Crippen molar-refractivity contribution in [1.82, 2.24) is 46.6 Å². The topological polar surface area (TPSA) is 429 Å². The summed E-state index contributed by atoms with van der Waals surface area (Å²) in [6.07, 6.45) is 1.92. The Morgan fingerprint density at radius 1 is 0.697 bits per heavy atom. The number of phosphoric acid groups is 1. The van der Waals surface area contributed by atoms with Crippen LogP contribution < -0.4 is 43.4 Å². The second kappa shape index (κ2) is 28.5. The second-order valence-corrected chi connectivity index (χ2v) is 20.8. The summed E-state index contributed by atoms with van der Waals surface area (Å²) in [6.45, 7) is 4.31. The summed E-state index contributed by atoms with van der Waals surface area (Å²) in [7, 11) is -5.30. The third-order valence-corrected chi connectivity index (χ3v) is 13.5. The highest BCUT2D eigenvalue weighted by molar-refractivity contribution is 7.46. The summed E-state index contributed by atoms with van der Waals surface area (Å²) in [5.74, 6) is -8.69. The van der Waals surface area contributed by atoms with Gasteiger partial charge in [0.05, 0.1) is 25.3 Å². The van der Waals surface area contributed by atoms with Crippen LogP contribution in [0.15, 0.2) is 24.3 Å². The van der Waals surface area contributed by atoms with Gasteiger partial charge in [0.1, 0.15) is 60.4 Å². The van der Waals surface area contributed by atoms with Crippen molar-refractivity contribution in [2.75, 3.05) is 32.8 Å². The van der Waals surface area contributed by atoms with Gasteiger partial charge < -0.3 is 82.9 Å². The maximum atomic E-state index is 14.4. The summed E-state index contributed by atoms with van der Waals surface area (Å²) < 4.78 is 16.4. The molecular formula is C47H72N11O17P. The minimum Gasteiger partial charge on any atom is -0.508 e. The zero-order valence-corrected chi connectivity index (χ0v) is 43.8. The number of nitrogens with zero attached hydrogens (tertiary/aromatic N) is 3. The lowest BCUT2D eigenvalue weighted by molar-refractivity contribution is -0.148. The molecule has 3 fully saturated rings. The predicted molar refractivity (Wildman–Crippen MR) is 266 cm³/mol. The summed E-state index contributed by atoms with van der Waals surface area (Å²) >= 11 is 0. The van der Waals surface area contributed by atoms with Crippen LogP contribution >= 0.6 is 7.82 Å². The molecule has 10 amide bonds. The molecule has 1 aromatic rings. The molecule has 0 radical (unpaired) electrons. The van der Waals surface area contributed by atoms with Gasteiger partial charge in [-0.2, -0.15) is 0 Å². The van der Waals surface area contributed by atoms with Crippen LogP contribution in [0.4, 0.5) is 0 Å². The summed E-state index contributed by atoms with van der Waals surface area (Å²) in [5.41, 5.74) is 11.7. The van der Waals surface area contributed by atoms with E-state index in [0.717, 1.165) is 6.92 Å². The van der Waals surface area contributed by atoms with Gasteiger partial charge in [0.15, 0.2) is 0 Å². The molecule has 4 rings (SSSR count). The molecule has 0 spiro atoms. The van der Waals surface area contributed by atoms with Crippen LogP contribution in [-0.2, 0) is 68.2 Å². The summed E-state index contributed by atoms with van der Waals surface area (Å²) in [4.78, 5) is 169. The maximum Gasteiger partial charge on any atom is 0.469 e. The number of phenolic OH excluding ortho intramolecular Hbond substituents is 1. The van der Waals surface area contributed by atoms with Gasteiger partial charge in [0.2, 0.25) is 59.1 Å². The van der Waals surface area contributed by atoms with Crippen molar-refractivity contribution in [1.29, 1.82) is 0 Å². The van der Waals surface area contributed by atoms with E-state index in [-0.39, 0.29) is 69.8 Å². The first-order chi connectivity index (χ1) is 35.7. The lowest BCUT2D eigenvalue weighted by atomic mass is 10.0. The number of carbonyl (C=O) groups excluding carboxylic acids is 11. The number of hydrogen-bond acceptors (Lipinski definition) is 16. The number of aromatic hydroxyl groups is 1. The molecule has 3 aliphatic rings. The van der Waals surface area contributed by atoms with Crippen molar-refractivity contribution < 1.29 is 81.8 Å². The average Bonchev–Trinajstić information content (AvgIpc) is 4.17. The van der Waals surface area contributed by atoms with E-state index in [4.69, 9.17) is 11.5 Å². The number of phosphoric ester groups is 1. The maximum absolute atomic E-state index is 14.4. The van der Waals surface area contributed by atoms with Crippen LogP contribution in [0.2, 0.25) is 0 Å². The predicted octanol–water partition coefficient (Wildman–Crippen LogP) is -4.20. The minimum atomic E-state index is -5.30. The summed E-state index contributed by atoms with van der Waals surface area (Å²) in [5, 5.41) is 34.1. The molecule has 1 aromatic carbocycles. The lowest BCUT2D eigenvalue weighted by Crippen LogP contribution is -2.61. The van der Waals surface area contributed by atoms with Crippen molar-refractivity contribution in [2.45, 2.75) is 152 Å². The van der Waals surface area contributed by atoms with Gasteiger partial charge in [0, 0.05) is 26.1 Å². The molecule has 0 aliphatic carbocycles. The molecule has 29 heteroatoms. The molecule has 0 saturated carbocycles. The van der Waals surface area contributed by atoms with E-state index < -0.39 is 147 Å². The zero-order valence-electron chi connectivity index (χ0n) is 42.9. The van der Waals surface area contributed by atoms with Crippen LogP contribution in [-0.4, -0.2) is 193 Å². The monoisotopic (exact) mass is 1090 g/mol. The van der Waals surface area contributed by atoms with E-state index >= 15 is 0 Å². The molecule has 0 aromatic heterocycles. The smallest absolute Gasteiger partial charge is 0.469 e.